The molecule has 1 aromatic carbocycles. The first-order chi connectivity index (χ1) is 8.10. The summed E-state index contributed by atoms with van der Waals surface area (Å²) < 4.78 is 5.01. The van der Waals surface area contributed by atoms with Crippen LogP contribution in [0.5, 0.6) is 11.5 Å². The zero-order valence-electron chi connectivity index (χ0n) is 9.60. The predicted octanol–water partition coefficient (Wildman–Crippen LogP) is 1.81. The summed E-state index contributed by atoms with van der Waals surface area (Å²) in [4.78, 5) is 22.8. The number of carbonyl (C=O) groups excluding carboxylic acids is 2. The molecule has 0 radical (unpaired) electrons. The molecule has 0 heterocycles. The second-order valence-electron chi connectivity index (χ2n) is 4.29. The summed E-state index contributed by atoms with van der Waals surface area (Å²) >= 11 is 0. The monoisotopic (exact) mass is 234 g/mol. The molecule has 1 aliphatic carbocycles. The molecule has 1 N–H and O–H groups in total. The molecule has 1 aliphatic rings. The molecule has 0 unspecified atom stereocenters. The van der Waals surface area contributed by atoms with Crippen LogP contribution in [0.1, 0.15) is 30.7 Å². The van der Waals surface area contributed by atoms with Crippen LogP contribution >= 0.6 is 0 Å². The highest BCUT2D eigenvalue weighted by atomic mass is 16.5. The van der Waals surface area contributed by atoms with Gasteiger partial charge in [0.2, 0.25) is 0 Å². The molecule has 17 heavy (non-hydrogen) atoms. The Bertz CT molecular complexity index is 448. The SMILES string of the molecule is COc1cc(C2CC(=O)CC(=O)C2)ccc1O. The Kier molecular flexibility index (Phi) is 3.13. The van der Waals surface area contributed by atoms with Gasteiger partial charge in [-0.2, -0.15) is 0 Å². The Morgan fingerprint density at radius 3 is 2.47 bits per heavy atom. The summed E-state index contributed by atoms with van der Waals surface area (Å²) in [6.07, 6.45) is 0.838. The van der Waals surface area contributed by atoms with Crippen molar-refractivity contribution in [2.24, 2.45) is 0 Å². The van der Waals surface area contributed by atoms with Crippen molar-refractivity contribution in [3.63, 3.8) is 0 Å². The molecule has 1 aromatic rings. The van der Waals surface area contributed by atoms with Crippen molar-refractivity contribution in [1.82, 2.24) is 0 Å². The van der Waals surface area contributed by atoms with E-state index in [0.717, 1.165) is 5.56 Å². The van der Waals surface area contributed by atoms with E-state index in [1.54, 1.807) is 12.1 Å². The van der Waals surface area contributed by atoms with Crippen LogP contribution in [0.2, 0.25) is 0 Å². The van der Waals surface area contributed by atoms with Gasteiger partial charge in [0, 0.05) is 12.8 Å². The van der Waals surface area contributed by atoms with Gasteiger partial charge in [-0.25, -0.2) is 0 Å². The van der Waals surface area contributed by atoms with Crippen molar-refractivity contribution >= 4 is 11.6 Å². The van der Waals surface area contributed by atoms with E-state index in [9.17, 15) is 14.7 Å². The Morgan fingerprint density at radius 2 is 1.88 bits per heavy atom. The average Bonchev–Trinajstić information content (AvgIpc) is 2.28. The van der Waals surface area contributed by atoms with Crippen LogP contribution in [0.4, 0.5) is 0 Å². The number of ether oxygens (including phenoxy) is 1. The molecule has 4 heteroatoms. The van der Waals surface area contributed by atoms with Crippen LogP contribution in [-0.4, -0.2) is 23.8 Å². The minimum atomic E-state index is -0.0850. The number of benzene rings is 1. The molecular formula is C13H14O4. The summed E-state index contributed by atoms with van der Waals surface area (Å²) in [5, 5.41) is 9.48. The number of phenolic OH excluding ortho intramolecular Hbond substituents is 1. The van der Waals surface area contributed by atoms with Gasteiger partial charge >= 0.3 is 0 Å². The number of rotatable bonds is 2. The lowest BCUT2D eigenvalue weighted by Crippen LogP contribution is -2.21. The van der Waals surface area contributed by atoms with Gasteiger partial charge < -0.3 is 9.84 Å². The third-order valence-electron chi connectivity index (χ3n) is 3.02. The number of carbonyl (C=O) groups is 2. The number of Topliss-reactive ketones (excluding diaryl/α,β-unsaturated/α-hetero) is 2. The maximum absolute atomic E-state index is 11.4. The Morgan fingerprint density at radius 1 is 1.24 bits per heavy atom. The van der Waals surface area contributed by atoms with Gasteiger partial charge in [0.05, 0.1) is 13.5 Å². The molecule has 0 bridgehead atoms. The largest absolute Gasteiger partial charge is 0.504 e. The molecule has 2 rings (SSSR count). The zero-order valence-corrected chi connectivity index (χ0v) is 9.60. The smallest absolute Gasteiger partial charge is 0.160 e. The van der Waals surface area contributed by atoms with Crippen molar-refractivity contribution in [3.8, 4) is 11.5 Å². The lowest BCUT2D eigenvalue weighted by molar-refractivity contribution is -0.130. The number of hydrogen-bond donors (Lipinski definition) is 1. The zero-order chi connectivity index (χ0) is 12.4. The summed E-state index contributed by atoms with van der Waals surface area (Å²) in [6, 6.07) is 4.94. The highest BCUT2D eigenvalue weighted by Crippen LogP contribution is 2.34. The fraction of sp³-hybridized carbons (Fsp3) is 0.385. The lowest BCUT2D eigenvalue weighted by Gasteiger charge is -2.20. The normalized spacial score (nSPS) is 17.2. The molecule has 1 saturated carbocycles. The first-order valence-corrected chi connectivity index (χ1v) is 5.50. The van der Waals surface area contributed by atoms with Crippen LogP contribution in [-0.2, 0) is 9.59 Å². The van der Waals surface area contributed by atoms with E-state index in [0.29, 0.717) is 18.6 Å². The summed E-state index contributed by atoms with van der Waals surface area (Å²) in [6.45, 7) is 0. The number of aromatic hydroxyl groups is 1. The number of phenols is 1. The summed E-state index contributed by atoms with van der Waals surface area (Å²) in [7, 11) is 1.47. The minimum absolute atomic E-state index is 0.0155. The molecule has 1 fully saturated rings. The first-order valence-electron chi connectivity index (χ1n) is 5.50. The summed E-state index contributed by atoms with van der Waals surface area (Å²) in [5.41, 5.74) is 0.862. The topological polar surface area (TPSA) is 63.6 Å². The molecule has 0 spiro atoms. The van der Waals surface area contributed by atoms with Crippen molar-refractivity contribution in [2.45, 2.75) is 25.2 Å². The van der Waals surface area contributed by atoms with Gasteiger partial charge in [-0.15, -0.1) is 0 Å². The van der Waals surface area contributed by atoms with E-state index < -0.39 is 0 Å². The van der Waals surface area contributed by atoms with Crippen LogP contribution in [0.15, 0.2) is 18.2 Å². The van der Waals surface area contributed by atoms with Crippen molar-refractivity contribution in [2.75, 3.05) is 7.11 Å². The predicted molar refractivity (Wildman–Crippen MR) is 61.3 cm³/mol. The van der Waals surface area contributed by atoms with Crippen molar-refractivity contribution < 1.29 is 19.4 Å². The molecule has 0 aromatic heterocycles. The van der Waals surface area contributed by atoms with Gasteiger partial charge in [-0.3, -0.25) is 9.59 Å². The molecule has 0 atom stereocenters. The maximum atomic E-state index is 11.4. The summed E-state index contributed by atoms with van der Waals surface area (Å²) in [5.74, 6) is 0.313. The van der Waals surface area contributed by atoms with Crippen LogP contribution in [0, 0.1) is 0 Å². The van der Waals surface area contributed by atoms with E-state index in [4.69, 9.17) is 4.74 Å². The van der Waals surface area contributed by atoms with Crippen LogP contribution in [0.3, 0.4) is 0 Å². The lowest BCUT2D eigenvalue weighted by atomic mass is 9.82. The second-order valence-corrected chi connectivity index (χ2v) is 4.29. The fourth-order valence-electron chi connectivity index (χ4n) is 2.17. The van der Waals surface area contributed by atoms with Gasteiger partial charge in [0.25, 0.3) is 0 Å². The molecule has 0 amide bonds. The van der Waals surface area contributed by atoms with E-state index in [2.05, 4.69) is 0 Å². The van der Waals surface area contributed by atoms with Gasteiger partial charge in [-0.05, 0) is 23.6 Å². The molecular weight excluding hydrogens is 220 g/mol. The third-order valence-corrected chi connectivity index (χ3v) is 3.02. The van der Waals surface area contributed by atoms with E-state index in [1.165, 1.54) is 13.2 Å². The third kappa shape index (κ3) is 2.46. The standard InChI is InChI=1S/C13H14O4/c1-17-13-6-8(2-3-12(13)16)9-4-10(14)7-11(15)5-9/h2-3,6,9,16H,4-5,7H2,1H3. The first kappa shape index (κ1) is 11.6. The highest BCUT2D eigenvalue weighted by molar-refractivity contribution is 6.02. The Balaban J connectivity index is 2.27. The fourth-order valence-corrected chi connectivity index (χ4v) is 2.17. The Hall–Kier alpha value is -1.84. The molecule has 4 nitrogen and oxygen atoms in total. The quantitative estimate of drug-likeness (QED) is 0.792. The van der Waals surface area contributed by atoms with E-state index >= 15 is 0 Å². The number of ketones is 2. The highest BCUT2D eigenvalue weighted by Gasteiger charge is 2.27. The van der Waals surface area contributed by atoms with E-state index in [-0.39, 0.29) is 29.7 Å². The van der Waals surface area contributed by atoms with Crippen LogP contribution < -0.4 is 4.74 Å². The minimum Gasteiger partial charge on any atom is -0.504 e. The van der Waals surface area contributed by atoms with Gasteiger partial charge in [-0.1, -0.05) is 6.07 Å². The second kappa shape index (κ2) is 4.57. The maximum Gasteiger partial charge on any atom is 0.160 e. The van der Waals surface area contributed by atoms with Crippen molar-refractivity contribution in [3.05, 3.63) is 23.8 Å². The molecule has 0 aliphatic heterocycles. The molecule has 0 saturated heterocycles. The van der Waals surface area contributed by atoms with E-state index in [1.807, 2.05) is 0 Å². The number of hydrogen-bond acceptors (Lipinski definition) is 4. The number of methoxy groups -OCH3 is 1. The van der Waals surface area contributed by atoms with Gasteiger partial charge in [0.15, 0.2) is 11.5 Å². The average molecular weight is 234 g/mol. The van der Waals surface area contributed by atoms with Crippen LogP contribution in [0.25, 0.3) is 0 Å². The Labute approximate surface area is 99.2 Å². The van der Waals surface area contributed by atoms with Crippen molar-refractivity contribution in [1.29, 1.82) is 0 Å². The molecule has 90 valence electrons. The van der Waals surface area contributed by atoms with Gasteiger partial charge in [0.1, 0.15) is 11.6 Å².